The quantitative estimate of drug-likeness (QED) is 0.278. The van der Waals surface area contributed by atoms with Gasteiger partial charge in [-0.2, -0.15) is 0 Å². The fourth-order valence-electron chi connectivity index (χ4n) is 6.71. The molecule has 2 aliphatic rings. The van der Waals surface area contributed by atoms with Crippen LogP contribution in [0.2, 0.25) is 0 Å². The number of halogens is 2. The van der Waals surface area contributed by atoms with Gasteiger partial charge in [0.1, 0.15) is 0 Å². The normalized spacial score (nSPS) is 16.0. The van der Waals surface area contributed by atoms with E-state index in [0.29, 0.717) is 7.25 Å². The van der Waals surface area contributed by atoms with Crippen LogP contribution in [-0.2, 0) is 23.2 Å². The molecule has 5 aromatic rings. The second-order valence-electron chi connectivity index (χ2n) is 10.4. The largest absolute Gasteiger partial charge is 1.00 e. The molecule has 6 heteroatoms. The summed E-state index contributed by atoms with van der Waals surface area (Å²) in [6.07, 6.45) is 0. The van der Waals surface area contributed by atoms with E-state index >= 15 is 0 Å². The van der Waals surface area contributed by atoms with E-state index in [1.54, 1.807) is 21.3 Å². The van der Waals surface area contributed by atoms with E-state index in [0.717, 1.165) is 17.2 Å². The Labute approximate surface area is 271 Å². The molecule has 0 heterocycles. The molecule has 2 aliphatic carbocycles. The molecule has 0 fully saturated rings. The Morgan fingerprint density at radius 2 is 1.33 bits per heavy atom. The molecule has 0 spiro atoms. The minimum Gasteiger partial charge on any atom is -1.00 e. The number of fused-ring (bicyclic) bond motifs is 5. The molecule has 0 N–H and O–H groups in total. The minimum atomic E-state index is -1.22. The number of hydrogen-bond acceptors (Lipinski definition) is 3. The van der Waals surface area contributed by atoms with Crippen LogP contribution in [0, 0.1) is 0 Å². The molecular weight excluding hydrogens is 643 g/mol. The van der Waals surface area contributed by atoms with Gasteiger partial charge in [-0.05, 0) is 0 Å². The smallest absolute Gasteiger partial charge is 1.00 e. The third-order valence-electron chi connectivity index (χ3n) is 8.51. The van der Waals surface area contributed by atoms with Crippen molar-refractivity contribution in [3.05, 3.63) is 125 Å². The summed E-state index contributed by atoms with van der Waals surface area (Å²) in [5, 5.41) is 2.62. The first-order valence-electron chi connectivity index (χ1n) is 13.6. The van der Waals surface area contributed by atoms with Gasteiger partial charge in [-0.3, -0.25) is 0 Å². The molecule has 0 bridgehead atoms. The van der Waals surface area contributed by atoms with Crippen LogP contribution < -0.4 is 39.0 Å². The van der Waals surface area contributed by atoms with Crippen LogP contribution in [0.4, 0.5) is 0 Å². The summed E-state index contributed by atoms with van der Waals surface area (Å²) in [7, 11) is 5.20. The molecule has 2 atom stereocenters. The molecule has 0 aliphatic heterocycles. The zero-order valence-electron chi connectivity index (χ0n) is 23.9. The van der Waals surface area contributed by atoms with Gasteiger partial charge in [0.25, 0.3) is 0 Å². The fraction of sp³-hybridized carbons (Fsp3) is 0.167. The van der Waals surface area contributed by atoms with Crippen LogP contribution >= 0.6 is 0 Å². The summed E-state index contributed by atoms with van der Waals surface area (Å²) in [5.41, 5.74) is 12.3. The van der Waals surface area contributed by atoms with Crippen molar-refractivity contribution in [2.45, 2.75) is 14.2 Å². The Hall–Kier alpha value is -3.04. The van der Waals surface area contributed by atoms with E-state index in [1.165, 1.54) is 60.9 Å². The van der Waals surface area contributed by atoms with Crippen molar-refractivity contribution < 1.29 is 62.3 Å². The Morgan fingerprint density at radius 3 is 2.12 bits per heavy atom. The van der Waals surface area contributed by atoms with Gasteiger partial charge in [0.2, 0.25) is 0 Å². The van der Waals surface area contributed by atoms with Gasteiger partial charge in [0, 0.05) is 0 Å². The number of rotatable bonds is 6. The number of ether oxygens (including phenoxy) is 3. The molecule has 0 saturated carbocycles. The molecule has 5 aromatic carbocycles. The van der Waals surface area contributed by atoms with Crippen molar-refractivity contribution in [2.75, 3.05) is 21.3 Å². The number of allylic oxidation sites excluding steroid dienone is 2. The van der Waals surface area contributed by atoms with Crippen molar-refractivity contribution in [3.8, 4) is 28.4 Å². The fourth-order valence-corrected chi connectivity index (χ4v) is 12.0. The first kappa shape index (κ1) is 30.4. The van der Waals surface area contributed by atoms with Crippen molar-refractivity contribution in [1.82, 2.24) is 0 Å². The van der Waals surface area contributed by atoms with E-state index in [9.17, 15) is 0 Å². The van der Waals surface area contributed by atoms with Gasteiger partial charge >= 0.3 is 248 Å². The van der Waals surface area contributed by atoms with Gasteiger partial charge in [-0.1, -0.05) is 0 Å². The Bertz CT molecular complexity index is 1830. The summed E-state index contributed by atoms with van der Waals surface area (Å²) in [6.45, 7) is 2.32. The molecule has 2 unspecified atom stereocenters. The van der Waals surface area contributed by atoms with Crippen LogP contribution in [0.25, 0.3) is 33.0 Å². The van der Waals surface area contributed by atoms with Crippen LogP contribution in [0.1, 0.15) is 42.0 Å². The summed E-state index contributed by atoms with van der Waals surface area (Å²) < 4.78 is 18.2. The van der Waals surface area contributed by atoms with E-state index in [1.807, 2.05) is 0 Å². The maximum absolute atomic E-state index is 5.98. The Balaban J connectivity index is 0.00000176. The van der Waals surface area contributed by atoms with Crippen LogP contribution in [0.3, 0.4) is 0 Å². The predicted molar refractivity (Wildman–Crippen MR) is 159 cm³/mol. The van der Waals surface area contributed by atoms with Crippen molar-refractivity contribution in [1.29, 1.82) is 0 Å². The molecule has 210 valence electrons. The zero-order chi connectivity index (χ0) is 27.4. The van der Waals surface area contributed by atoms with Gasteiger partial charge in [0.05, 0.1) is 0 Å². The van der Waals surface area contributed by atoms with Gasteiger partial charge < -0.3 is 24.8 Å². The molecule has 3 nitrogen and oxygen atoms in total. The predicted octanol–water partition coefficient (Wildman–Crippen LogP) is 2.71. The standard InChI is InChI=1S/C20H15.C16H15O3.2ClH.Zr/c1-14-17-10-4-3-8-16(17)13-20(14)19-12-6-9-15-7-2-5-11-18(15)19;1-17-12-5-6-13-11(9-12)8-10-4-7-14(18-2)16(19-3)15(10)13;;;/h2-13H,1H3;4-9H,1-3H3;2*1H;/q;;;;+2/p-2. The molecule has 42 heavy (non-hydrogen) atoms. The summed E-state index contributed by atoms with van der Waals surface area (Å²) in [5.74, 6) is 2.49. The van der Waals surface area contributed by atoms with E-state index in [4.69, 9.17) is 14.2 Å². The van der Waals surface area contributed by atoms with E-state index in [-0.39, 0.29) is 24.8 Å². The number of benzene rings is 5. The molecule has 0 saturated heterocycles. The average Bonchev–Trinajstić information content (AvgIpc) is 3.47. The van der Waals surface area contributed by atoms with Crippen molar-refractivity contribution in [2.24, 2.45) is 0 Å². The van der Waals surface area contributed by atoms with Crippen molar-refractivity contribution >= 4 is 21.9 Å². The average molecular weight is 673 g/mol. The maximum atomic E-state index is 5.98. The minimum absolute atomic E-state index is 0. The van der Waals surface area contributed by atoms with Crippen LogP contribution in [0.15, 0.2) is 97.1 Å². The molecule has 0 radical (unpaired) electrons. The van der Waals surface area contributed by atoms with Crippen molar-refractivity contribution in [3.63, 3.8) is 0 Å². The Morgan fingerprint density at radius 1 is 0.595 bits per heavy atom. The van der Waals surface area contributed by atoms with Gasteiger partial charge in [-0.25, -0.2) is 0 Å². The first-order valence-corrected chi connectivity index (χ1v) is 16.5. The SMILES string of the molecule is COc1ccc2c(c1)[CH]([Zr+2][CH]1C(c3cccc4ccccc34)=C(C)c3ccccc31)c1ccc(OC)c(OC)c1-2.[Cl-].[Cl-]. The van der Waals surface area contributed by atoms with Crippen LogP contribution in [0.5, 0.6) is 17.2 Å². The number of hydrogen-bond donors (Lipinski definition) is 0. The van der Waals surface area contributed by atoms with Gasteiger partial charge in [0.15, 0.2) is 0 Å². The summed E-state index contributed by atoms with van der Waals surface area (Å²) >= 11 is -1.22. The maximum Gasteiger partial charge on any atom is -1.00 e. The molecule has 0 aromatic heterocycles. The van der Waals surface area contributed by atoms with Gasteiger partial charge in [-0.15, -0.1) is 0 Å². The second-order valence-corrected chi connectivity index (χ2v) is 14.1. The van der Waals surface area contributed by atoms with E-state index < -0.39 is 23.2 Å². The molecule has 0 amide bonds. The topological polar surface area (TPSA) is 27.7 Å². The third-order valence-corrected chi connectivity index (χ3v) is 13.2. The number of methoxy groups -OCH3 is 3. The third kappa shape index (κ3) is 4.69. The molecular formula is C36H30Cl2O3Zr. The monoisotopic (exact) mass is 670 g/mol. The van der Waals surface area contributed by atoms with E-state index in [2.05, 4.69) is 104 Å². The first-order chi connectivity index (χ1) is 19.6. The summed E-state index contributed by atoms with van der Waals surface area (Å²) in [6, 6.07) is 35.5. The summed E-state index contributed by atoms with van der Waals surface area (Å²) in [4.78, 5) is 0. The zero-order valence-corrected chi connectivity index (χ0v) is 27.8. The van der Waals surface area contributed by atoms with Crippen LogP contribution in [-0.4, -0.2) is 21.3 Å². The molecule has 7 rings (SSSR count). The second kappa shape index (κ2) is 12.3. The Kier molecular flexibility index (Phi) is 8.90.